The van der Waals surface area contributed by atoms with Crippen molar-refractivity contribution < 1.29 is 32.8 Å². The summed E-state index contributed by atoms with van der Waals surface area (Å²) in [5.74, 6) is -2.55. The van der Waals surface area contributed by atoms with Crippen LogP contribution in [0.3, 0.4) is 0 Å². The molecule has 2 aromatic carbocycles. The zero-order valence-electron chi connectivity index (χ0n) is 13.0. The third-order valence-corrected chi connectivity index (χ3v) is 4.88. The zero-order chi connectivity index (χ0) is 18.2. The van der Waals surface area contributed by atoms with E-state index in [4.69, 9.17) is 5.11 Å². The van der Waals surface area contributed by atoms with E-state index in [1.165, 1.54) is 12.1 Å². The van der Waals surface area contributed by atoms with Crippen LogP contribution in [0.15, 0.2) is 23.1 Å². The van der Waals surface area contributed by atoms with Gasteiger partial charge in [0.15, 0.2) is 0 Å². The van der Waals surface area contributed by atoms with E-state index in [1.807, 2.05) is 0 Å². The standard InChI is InChI=1S/C16H16O7S/c1-3-9-11-6-5-8(15(17)18)7-12(11)14(24(21,22)23)10(4-2)13(9)16(19)20/h5-7H,3-4H2,1-2H3,(H,17,18)(H,19,20)(H,21,22,23). The van der Waals surface area contributed by atoms with Crippen LogP contribution in [-0.4, -0.2) is 35.1 Å². The molecular formula is C16H16O7S. The topological polar surface area (TPSA) is 129 Å². The van der Waals surface area contributed by atoms with Crippen molar-refractivity contribution in [3.05, 3.63) is 40.5 Å². The van der Waals surface area contributed by atoms with Gasteiger partial charge in [-0.15, -0.1) is 0 Å². The van der Waals surface area contributed by atoms with Crippen LogP contribution < -0.4 is 0 Å². The lowest BCUT2D eigenvalue weighted by molar-refractivity contribution is 0.0684. The molecule has 24 heavy (non-hydrogen) atoms. The van der Waals surface area contributed by atoms with E-state index in [0.717, 1.165) is 6.07 Å². The number of rotatable bonds is 5. The molecule has 0 spiro atoms. The van der Waals surface area contributed by atoms with Gasteiger partial charge in [-0.1, -0.05) is 19.9 Å². The highest BCUT2D eigenvalue weighted by atomic mass is 32.2. The van der Waals surface area contributed by atoms with Crippen molar-refractivity contribution in [1.82, 2.24) is 0 Å². The molecule has 3 N–H and O–H groups in total. The largest absolute Gasteiger partial charge is 0.478 e. The maximum absolute atomic E-state index is 11.9. The van der Waals surface area contributed by atoms with Crippen LogP contribution in [0.25, 0.3) is 10.8 Å². The molecule has 0 aromatic heterocycles. The van der Waals surface area contributed by atoms with Crippen LogP contribution in [-0.2, 0) is 23.0 Å². The third-order valence-electron chi connectivity index (χ3n) is 3.89. The van der Waals surface area contributed by atoms with Crippen molar-refractivity contribution in [3.8, 4) is 0 Å². The van der Waals surface area contributed by atoms with E-state index in [1.54, 1.807) is 13.8 Å². The lowest BCUT2D eigenvalue weighted by atomic mass is 9.90. The lowest BCUT2D eigenvalue weighted by Gasteiger charge is -2.18. The van der Waals surface area contributed by atoms with Gasteiger partial charge in [-0.3, -0.25) is 4.55 Å². The van der Waals surface area contributed by atoms with Gasteiger partial charge in [0.25, 0.3) is 10.1 Å². The maximum Gasteiger partial charge on any atom is 0.336 e. The Balaban J connectivity index is 3.20. The molecule has 0 radical (unpaired) electrons. The molecule has 8 heteroatoms. The van der Waals surface area contributed by atoms with Gasteiger partial charge in [0.2, 0.25) is 0 Å². The molecule has 2 rings (SSSR count). The number of aryl methyl sites for hydroxylation is 1. The Labute approximate surface area is 138 Å². The Morgan fingerprint density at radius 1 is 0.958 bits per heavy atom. The minimum atomic E-state index is -4.75. The highest BCUT2D eigenvalue weighted by Gasteiger charge is 2.28. The van der Waals surface area contributed by atoms with Crippen molar-refractivity contribution in [2.24, 2.45) is 0 Å². The molecule has 0 fully saturated rings. The first-order valence-corrected chi connectivity index (χ1v) is 8.62. The minimum absolute atomic E-state index is 0.0103. The fraction of sp³-hybridized carbons (Fsp3) is 0.250. The van der Waals surface area contributed by atoms with E-state index in [-0.39, 0.29) is 28.5 Å². The van der Waals surface area contributed by atoms with Gasteiger partial charge in [0.1, 0.15) is 4.90 Å². The Morgan fingerprint density at radius 3 is 1.96 bits per heavy atom. The first kappa shape index (κ1) is 17.9. The summed E-state index contributed by atoms with van der Waals surface area (Å²) in [4.78, 5) is 22.3. The smallest absolute Gasteiger partial charge is 0.336 e. The molecular weight excluding hydrogens is 336 g/mol. The minimum Gasteiger partial charge on any atom is -0.478 e. The molecule has 128 valence electrons. The molecule has 2 aromatic rings. The molecule has 0 bridgehead atoms. The van der Waals surface area contributed by atoms with E-state index in [9.17, 15) is 27.7 Å². The van der Waals surface area contributed by atoms with Gasteiger partial charge in [-0.05, 0) is 41.5 Å². The molecule has 7 nitrogen and oxygen atoms in total. The summed E-state index contributed by atoms with van der Waals surface area (Å²) in [6, 6.07) is 3.79. The molecule has 0 unspecified atom stereocenters. The van der Waals surface area contributed by atoms with Crippen LogP contribution >= 0.6 is 0 Å². The quantitative estimate of drug-likeness (QED) is 0.705. The molecule has 0 aliphatic heterocycles. The number of carbonyl (C=O) groups is 2. The molecule has 0 aliphatic carbocycles. The number of hydrogen-bond donors (Lipinski definition) is 3. The van der Waals surface area contributed by atoms with E-state index < -0.39 is 27.0 Å². The lowest BCUT2D eigenvalue weighted by Crippen LogP contribution is -2.14. The summed E-state index contributed by atoms with van der Waals surface area (Å²) in [6.07, 6.45) is 0.361. The summed E-state index contributed by atoms with van der Waals surface area (Å²) in [5, 5.41) is 19.0. The van der Waals surface area contributed by atoms with E-state index in [2.05, 4.69) is 0 Å². The number of benzene rings is 2. The van der Waals surface area contributed by atoms with E-state index in [0.29, 0.717) is 17.4 Å². The molecule has 0 heterocycles. The summed E-state index contributed by atoms with van der Waals surface area (Å²) >= 11 is 0. The predicted octanol–water partition coefficient (Wildman–Crippen LogP) is 2.61. The average Bonchev–Trinajstić information content (AvgIpc) is 2.50. The second-order valence-corrected chi connectivity index (χ2v) is 6.57. The fourth-order valence-electron chi connectivity index (χ4n) is 2.98. The summed E-state index contributed by atoms with van der Waals surface area (Å²) in [7, 11) is -4.75. The summed E-state index contributed by atoms with van der Waals surface area (Å²) < 4.78 is 33.4. The van der Waals surface area contributed by atoms with Crippen molar-refractivity contribution in [3.63, 3.8) is 0 Å². The van der Waals surface area contributed by atoms with Gasteiger partial charge < -0.3 is 10.2 Å². The number of aromatic carboxylic acids is 2. The monoisotopic (exact) mass is 352 g/mol. The van der Waals surface area contributed by atoms with Crippen LogP contribution in [0.4, 0.5) is 0 Å². The Kier molecular flexibility index (Phi) is 4.63. The summed E-state index contributed by atoms with van der Waals surface area (Å²) in [6.45, 7) is 3.29. The van der Waals surface area contributed by atoms with Crippen molar-refractivity contribution in [2.75, 3.05) is 0 Å². The van der Waals surface area contributed by atoms with Crippen LogP contribution in [0.5, 0.6) is 0 Å². The van der Waals surface area contributed by atoms with Crippen LogP contribution in [0.2, 0.25) is 0 Å². The first-order valence-electron chi connectivity index (χ1n) is 7.18. The molecule has 0 saturated heterocycles. The highest BCUT2D eigenvalue weighted by Crippen LogP contribution is 2.35. The fourth-order valence-corrected chi connectivity index (χ4v) is 3.98. The van der Waals surface area contributed by atoms with Crippen molar-refractivity contribution in [2.45, 2.75) is 31.6 Å². The molecule has 0 saturated carbocycles. The van der Waals surface area contributed by atoms with E-state index >= 15 is 0 Å². The first-order chi connectivity index (χ1) is 11.1. The van der Waals surface area contributed by atoms with Gasteiger partial charge in [0, 0.05) is 5.39 Å². The van der Waals surface area contributed by atoms with Crippen molar-refractivity contribution >= 4 is 32.8 Å². The summed E-state index contributed by atoms with van der Waals surface area (Å²) in [5.41, 5.74) is 0.0540. The third kappa shape index (κ3) is 2.85. The second-order valence-electron chi connectivity index (χ2n) is 5.21. The maximum atomic E-state index is 11.9. The number of fused-ring (bicyclic) bond motifs is 1. The number of carboxylic acids is 2. The zero-order valence-corrected chi connectivity index (χ0v) is 13.8. The normalized spacial score (nSPS) is 11.6. The molecule has 0 atom stereocenters. The second kappa shape index (κ2) is 6.21. The average molecular weight is 352 g/mol. The SMILES string of the molecule is CCc1c(C(=O)O)c(CC)c2ccc(C(=O)O)cc2c1S(=O)(=O)O. The number of carboxylic acid groups (broad SMARTS) is 2. The van der Waals surface area contributed by atoms with Gasteiger partial charge in [0.05, 0.1) is 11.1 Å². The van der Waals surface area contributed by atoms with Crippen LogP contribution in [0, 0.1) is 0 Å². The number of hydrogen-bond acceptors (Lipinski definition) is 4. The highest BCUT2D eigenvalue weighted by molar-refractivity contribution is 7.86. The van der Waals surface area contributed by atoms with Gasteiger partial charge >= 0.3 is 11.9 Å². The molecule has 0 aliphatic rings. The van der Waals surface area contributed by atoms with Crippen LogP contribution in [0.1, 0.15) is 45.7 Å². The Bertz CT molecular complexity index is 958. The Hall–Kier alpha value is -2.45. The molecule has 0 amide bonds. The van der Waals surface area contributed by atoms with Gasteiger partial charge in [-0.25, -0.2) is 9.59 Å². The predicted molar refractivity (Wildman–Crippen MR) is 86.4 cm³/mol. The Morgan fingerprint density at radius 2 is 1.54 bits per heavy atom. The van der Waals surface area contributed by atoms with Gasteiger partial charge in [-0.2, -0.15) is 8.42 Å². The van der Waals surface area contributed by atoms with Crippen molar-refractivity contribution in [1.29, 1.82) is 0 Å².